The van der Waals surface area contributed by atoms with E-state index in [1.165, 1.54) is 0 Å². The molecule has 2 nitrogen and oxygen atoms in total. The fourth-order valence-corrected chi connectivity index (χ4v) is 2.79. The van der Waals surface area contributed by atoms with Crippen molar-refractivity contribution in [3.05, 3.63) is 113 Å². The Balaban J connectivity index is 1.76. The molecule has 3 aromatic rings. The Morgan fingerprint density at radius 3 is 1.77 bits per heavy atom. The highest BCUT2D eigenvalue weighted by molar-refractivity contribution is 6.30. The highest BCUT2D eigenvalue weighted by atomic mass is 35.5. The lowest BCUT2D eigenvalue weighted by Gasteiger charge is -2.21. The van der Waals surface area contributed by atoms with Gasteiger partial charge >= 0.3 is 0 Å². The molecule has 0 radical (unpaired) electrons. The van der Waals surface area contributed by atoms with Crippen LogP contribution in [-0.4, -0.2) is 10.8 Å². The van der Waals surface area contributed by atoms with Crippen molar-refractivity contribution in [3.8, 4) is 0 Å². The predicted molar refractivity (Wildman–Crippen MR) is 108 cm³/mol. The Hall–Kier alpha value is -2.84. The summed E-state index contributed by atoms with van der Waals surface area (Å²) in [6.07, 6.45) is 3.44. The first-order valence-corrected chi connectivity index (χ1v) is 8.89. The minimum atomic E-state index is -0.0207. The van der Waals surface area contributed by atoms with Gasteiger partial charge in [-0.1, -0.05) is 84.4 Å². The molecule has 0 spiro atoms. The Morgan fingerprint density at radius 1 is 0.769 bits per heavy atom. The van der Waals surface area contributed by atoms with Crippen LogP contribution < -0.4 is 0 Å². The lowest BCUT2D eigenvalue weighted by atomic mass is 10.1. The summed E-state index contributed by atoms with van der Waals surface area (Å²) in [5, 5.41) is 0.684. The molecule has 26 heavy (non-hydrogen) atoms. The predicted octanol–water partition coefficient (Wildman–Crippen LogP) is 5.58. The zero-order valence-corrected chi connectivity index (χ0v) is 15.1. The molecule has 0 aliphatic carbocycles. The van der Waals surface area contributed by atoms with E-state index < -0.39 is 0 Å². The number of rotatable bonds is 6. The van der Waals surface area contributed by atoms with E-state index in [2.05, 4.69) is 0 Å². The number of carbonyl (C=O) groups excluding carboxylic acids is 1. The molecule has 130 valence electrons. The van der Waals surface area contributed by atoms with Gasteiger partial charge in [-0.25, -0.2) is 0 Å². The van der Waals surface area contributed by atoms with Gasteiger partial charge in [-0.3, -0.25) is 4.79 Å². The number of hydrogen-bond acceptors (Lipinski definition) is 1. The third-order valence-corrected chi connectivity index (χ3v) is 4.28. The summed E-state index contributed by atoms with van der Waals surface area (Å²) in [5.74, 6) is -0.0207. The number of hydrogen-bond donors (Lipinski definition) is 0. The molecule has 3 rings (SSSR count). The SMILES string of the molecule is O=C(/C=C\c1ccc(Cl)cc1)N(Cc1ccccc1)Cc1ccccc1. The van der Waals surface area contributed by atoms with Crippen LogP contribution in [0.15, 0.2) is 91.0 Å². The number of benzene rings is 3. The number of halogens is 1. The summed E-state index contributed by atoms with van der Waals surface area (Å²) in [6.45, 7) is 1.14. The van der Waals surface area contributed by atoms with E-state index in [1.54, 1.807) is 6.08 Å². The summed E-state index contributed by atoms with van der Waals surface area (Å²) in [7, 11) is 0. The van der Waals surface area contributed by atoms with Crippen molar-refractivity contribution in [1.82, 2.24) is 4.90 Å². The first kappa shape index (κ1) is 18.0. The number of nitrogens with zero attached hydrogens (tertiary/aromatic N) is 1. The molecule has 3 heteroatoms. The topological polar surface area (TPSA) is 20.3 Å². The molecule has 0 saturated heterocycles. The molecule has 0 unspecified atom stereocenters. The molecule has 0 heterocycles. The Kier molecular flexibility index (Phi) is 6.24. The van der Waals surface area contributed by atoms with E-state index in [0.717, 1.165) is 16.7 Å². The summed E-state index contributed by atoms with van der Waals surface area (Å²) < 4.78 is 0. The Bertz CT molecular complexity index is 816. The summed E-state index contributed by atoms with van der Waals surface area (Å²) in [6, 6.07) is 27.5. The molecule has 0 aliphatic heterocycles. The third kappa shape index (κ3) is 5.33. The molecule has 0 N–H and O–H groups in total. The molecule has 0 atom stereocenters. The van der Waals surface area contributed by atoms with Crippen molar-refractivity contribution < 1.29 is 4.79 Å². The summed E-state index contributed by atoms with van der Waals surface area (Å²) in [5.41, 5.74) is 3.16. The third-order valence-electron chi connectivity index (χ3n) is 4.03. The quantitative estimate of drug-likeness (QED) is 0.524. The lowest BCUT2D eigenvalue weighted by molar-refractivity contribution is -0.127. The van der Waals surface area contributed by atoms with Gasteiger partial charge in [-0.2, -0.15) is 0 Å². The van der Waals surface area contributed by atoms with E-state index in [1.807, 2.05) is 95.9 Å². The zero-order chi connectivity index (χ0) is 18.2. The van der Waals surface area contributed by atoms with Crippen molar-refractivity contribution >= 4 is 23.6 Å². The van der Waals surface area contributed by atoms with Crippen LogP contribution in [0.4, 0.5) is 0 Å². The Morgan fingerprint density at radius 2 is 1.27 bits per heavy atom. The molecule has 0 bridgehead atoms. The van der Waals surface area contributed by atoms with Crippen molar-refractivity contribution in [2.24, 2.45) is 0 Å². The second-order valence-electron chi connectivity index (χ2n) is 6.05. The first-order valence-electron chi connectivity index (χ1n) is 8.51. The number of carbonyl (C=O) groups is 1. The fourth-order valence-electron chi connectivity index (χ4n) is 2.67. The van der Waals surface area contributed by atoms with Crippen molar-refractivity contribution in [3.63, 3.8) is 0 Å². The molecular weight excluding hydrogens is 342 g/mol. The summed E-state index contributed by atoms with van der Waals surface area (Å²) in [4.78, 5) is 14.6. The van der Waals surface area contributed by atoms with Gasteiger partial charge in [0.05, 0.1) is 0 Å². The van der Waals surface area contributed by atoms with Gasteiger partial charge in [0.15, 0.2) is 0 Å². The highest BCUT2D eigenvalue weighted by Crippen LogP contribution is 2.13. The minimum absolute atomic E-state index is 0.0207. The van der Waals surface area contributed by atoms with E-state index in [9.17, 15) is 4.79 Å². The summed E-state index contributed by atoms with van der Waals surface area (Å²) >= 11 is 5.91. The van der Waals surface area contributed by atoms with Gasteiger partial charge in [0.25, 0.3) is 0 Å². The standard InChI is InChI=1S/C23H20ClNO/c24-22-14-11-19(12-15-22)13-16-23(26)25(17-20-7-3-1-4-8-20)18-21-9-5-2-6-10-21/h1-16H,17-18H2/b16-13-. The van der Waals surface area contributed by atoms with Gasteiger partial charge in [0.2, 0.25) is 5.91 Å². The molecule has 0 aliphatic rings. The first-order chi connectivity index (χ1) is 12.7. The van der Waals surface area contributed by atoms with Crippen LogP contribution in [0.25, 0.3) is 6.08 Å². The molecular formula is C23H20ClNO. The van der Waals surface area contributed by atoms with Crippen molar-refractivity contribution in [1.29, 1.82) is 0 Å². The lowest BCUT2D eigenvalue weighted by Crippen LogP contribution is -2.28. The number of amides is 1. The van der Waals surface area contributed by atoms with Crippen LogP contribution >= 0.6 is 11.6 Å². The van der Waals surface area contributed by atoms with Crippen LogP contribution in [0.3, 0.4) is 0 Å². The largest absolute Gasteiger partial charge is 0.331 e. The second-order valence-corrected chi connectivity index (χ2v) is 6.49. The minimum Gasteiger partial charge on any atom is -0.331 e. The highest BCUT2D eigenvalue weighted by Gasteiger charge is 2.12. The van der Waals surface area contributed by atoms with Gasteiger partial charge in [0, 0.05) is 24.2 Å². The van der Waals surface area contributed by atoms with Crippen molar-refractivity contribution in [2.45, 2.75) is 13.1 Å². The van der Waals surface area contributed by atoms with E-state index in [4.69, 9.17) is 11.6 Å². The maximum Gasteiger partial charge on any atom is 0.247 e. The maximum atomic E-state index is 12.8. The molecule has 0 aromatic heterocycles. The van der Waals surface area contributed by atoms with Crippen LogP contribution in [0.2, 0.25) is 5.02 Å². The average Bonchev–Trinajstić information content (AvgIpc) is 2.68. The van der Waals surface area contributed by atoms with Crippen LogP contribution in [-0.2, 0) is 17.9 Å². The molecule has 3 aromatic carbocycles. The van der Waals surface area contributed by atoms with Gasteiger partial charge in [0.1, 0.15) is 0 Å². The second kappa shape index (κ2) is 9.02. The van der Waals surface area contributed by atoms with Crippen LogP contribution in [0.1, 0.15) is 16.7 Å². The molecule has 0 saturated carbocycles. The van der Waals surface area contributed by atoms with E-state index >= 15 is 0 Å². The van der Waals surface area contributed by atoms with E-state index in [-0.39, 0.29) is 5.91 Å². The maximum absolute atomic E-state index is 12.8. The normalized spacial score (nSPS) is 10.8. The van der Waals surface area contributed by atoms with Gasteiger partial charge in [-0.15, -0.1) is 0 Å². The van der Waals surface area contributed by atoms with Gasteiger partial charge in [-0.05, 0) is 34.9 Å². The Labute approximate surface area is 159 Å². The fraction of sp³-hybridized carbons (Fsp3) is 0.0870. The monoisotopic (exact) mass is 361 g/mol. The smallest absolute Gasteiger partial charge is 0.247 e. The van der Waals surface area contributed by atoms with Crippen LogP contribution in [0, 0.1) is 0 Å². The van der Waals surface area contributed by atoms with Crippen LogP contribution in [0.5, 0.6) is 0 Å². The van der Waals surface area contributed by atoms with Crippen molar-refractivity contribution in [2.75, 3.05) is 0 Å². The van der Waals surface area contributed by atoms with Gasteiger partial charge < -0.3 is 4.90 Å². The molecule has 0 fully saturated rings. The average molecular weight is 362 g/mol. The molecule has 1 amide bonds. The zero-order valence-electron chi connectivity index (χ0n) is 14.4. The van der Waals surface area contributed by atoms with E-state index in [0.29, 0.717) is 18.1 Å².